The quantitative estimate of drug-likeness (QED) is 0.827. The lowest BCUT2D eigenvalue weighted by Crippen LogP contribution is -2.19. The Morgan fingerprint density at radius 2 is 2.11 bits per heavy atom. The molecule has 104 valence electrons. The van der Waals surface area contributed by atoms with Gasteiger partial charge in [-0.1, -0.05) is 19.1 Å². The number of aryl methyl sites for hydroxylation is 1. The number of carboxylic acids is 1. The SMILES string of the molecule is COCC(C)CC(=O)Nc1cccc(C)c1C(=O)O. The monoisotopic (exact) mass is 265 g/mol. The smallest absolute Gasteiger partial charge is 0.338 e. The standard InChI is InChI=1S/C14H19NO4/c1-9(8-19-3)7-12(16)15-11-6-4-5-10(2)13(11)14(17)18/h4-6,9H,7-8H2,1-3H3,(H,15,16)(H,17,18). The first-order valence-corrected chi connectivity index (χ1v) is 6.07. The van der Waals surface area contributed by atoms with Crippen LogP contribution in [0.1, 0.15) is 29.3 Å². The van der Waals surface area contributed by atoms with Gasteiger partial charge >= 0.3 is 5.97 Å². The predicted octanol–water partition coefficient (Wildman–Crippen LogP) is 2.30. The highest BCUT2D eigenvalue weighted by Crippen LogP contribution is 2.20. The number of carbonyl (C=O) groups is 2. The molecule has 0 aliphatic heterocycles. The van der Waals surface area contributed by atoms with Crippen LogP contribution in [0.3, 0.4) is 0 Å². The maximum atomic E-state index is 11.8. The van der Waals surface area contributed by atoms with Gasteiger partial charge < -0.3 is 15.2 Å². The fourth-order valence-electron chi connectivity index (χ4n) is 1.92. The molecule has 1 amide bonds. The number of aromatic carboxylic acids is 1. The Labute approximate surface area is 112 Å². The van der Waals surface area contributed by atoms with Crippen molar-refractivity contribution in [1.29, 1.82) is 0 Å². The molecule has 2 N–H and O–H groups in total. The lowest BCUT2D eigenvalue weighted by molar-refractivity contribution is -0.117. The number of hydrogen-bond acceptors (Lipinski definition) is 3. The molecule has 1 atom stereocenters. The molecule has 0 fully saturated rings. The zero-order valence-electron chi connectivity index (χ0n) is 11.4. The van der Waals surface area contributed by atoms with Crippen LogP contribution in [0.5, 0.6) is 0 Å². The second kappa shape index (κ2) is 6.89. The molecule has 0 radical (unpaired) electrons. The molecule has 5 heteroatoms. The summed E-state index contributed by atoms with van der Waals surface area (Å²) in [6.45, 7) is 4.09. The zero-order chi connectivity index (χ0) is 14.4. The average Bonchev–Trinajstić information content (AvgIpc) is 2.28. The fraction of sp³-hybridized carbons (Fsp3) is 0.429. The van der Waals surface area contributed by atoms with Crippen LogP contribution in [0.4, 0.5) is 5.69 Å². The van der Waals surface area contributed by atoms with Crippen molar-refractivity contribution in [3.63, 3.8) is 0 Å². The molecular weight excluding hydrogens is 246 g/mol. The van der Waals surface area contributed by atoms with Gasteiger partial charge in [0, 0.05) is 20.1 Å². The zero-order valence-corrected chi connectivity index (χ0v) is 11.4. The first-order chi connectivity index (χ1) is 8.95. The van der Waals surface area contributed by atoms with Crippen LogP contribution in [-0.2, 0) is 9.53 Å². The number of methoxy groups -OCH3 is 1. The van der Waals surface area contributed by atoms with Gasteiger partial charge in [0.1, 0.15) is 0 Å². The summed E-state index contributed by atoms with van der Waals surface area (Å²) in [5, 5.41) is 11.8. The van der Waals surface area contributed by atoms with Crippen molar-refractivity contribution in [2.24, 2.45) is 5.92 Å². The number of rotatable bonds is 6. The van der Waals surface area contributed by atoms with Gasteiger partial charge in [-0.25, -0.2) is 4.79 Å². The van der Waals surface area contributed by atoms with Crippen molar-refractivity contribution in [1.82, 2.24) is 0 Å². The molecule has 0 heterocycles. The maximum absolute atomic E-state index is 11.8. The molecule has 0 saturated carbocycles. The van der Waals surface area contributed by atoms with Crippen LogP contribution in [0, 0.1) is 12.8 Å². The van der Waals surface area contributed by atoms with Gasteiger partial charge in [0.05, 0.1) is 11.3 Å². The van der Waals surface area contributed by atoms with E-state index in [1.165, 1.54) is 0 Å². The minimum Gasteiger partial charge on any atom is -0.478 e. The van der Waals surface area contributed by atoms with Gasteiger partial charge in [-0.2, -0.15) is 0 Å². The summed E-state index contributed by atoms with van der Waals surface area (Å²) in [4.78, 5) is 23.0. The van der Waals surface area contributed by atoms with E-state index in [-0.39, 0.29) is 17.4 Å². The number of carbonyl (C=O) groups excluding carboxylic acids is 1. The van der Waals surface area contributed by atoms with Crippen LogP contribution in [0.25, 0.3) is 0 Å². The molecule has 19 heavy (non-hydrogen) atoms. The number of nitrogens with one attached hydrogen (secondary N) is 1. The molecule has 5 nitrogen and oxygen atoms in total. The maximum Gasteiger partial charge on any atom is 0.338 e. The van der Waals surface area contributed by atoms with Crippen LogP contribution in [0.2, 0.25) is 0 Å². The summed E-state index contributed by atoms with van der Waals surface area (Å²) in [7, 11) is 1.58. The summed E-state index contributed by atoms with van der Waals surface area (Å²) in [5.41, 5.74) is 1.09. The van der Waals surface area contributed by atoms with E-state index < -0.39 is 5.97 Å². The third-order valence-electron chi connectivity index (χ3n) is 2.75. The Bertz CT molecular complexity index is 471. The summed E-state index contributed by atoms with van der Waals surface area (Å²) in [6.07, 6.45) is 0.293. The number of ether oxygens (including phenoxy) is 1. The van der Waals surface area contributed by atoms with Crippen molar-refractivity contribution < 1.29 is 19.4 Å². The number of carboxylic acid groups (broad SMARTS) is 1. The molecule has 1 aromatic carbocycles. The highest BCUT2D eigenvalue weighted by atomic mass is 16.5. The van der Waals surface area contributed by atoms with Crippen molar-refractivity contribution in [2.45, 2.75) is 20.3 Å². The molecule has 0 aromatic heterocycles. The first-order valence-electron chi connectivity index (χ1n) is 6.07. The second-order valence-electron chi connectivity index (χ2n) is 4.62. The second-order valence-corrected chi connectivity index (χ2v) is 4.62. The number of hydrogen-bond donors (Lipinski definition) is 2. The van der Waals surface area contributed by atoms with E-state index in [2.05, 4.69) is 5.32 Å². The van der Waals surface area contributed by atoms with Gasteiger partial charge in [0.15, 0.2) is 0 Å². The van der Waals surface area contributed by atoms with E-state index in [9.17, 15) is 9.59 Å². The van der Waals surface area contributed by atoms with Gasteiger partial charge in [-0.15, -0.1) is 0 Å². The summed E-state index contributed by atoms with van der Waals surface area (Å²) < 4.78 is 4.96. The molecule has 0 aliphatic rings. The van der Waals surface area contributed by atoms with E-state index in [1.54, 1.807) is 32.2 Å². The fourth-order valence-corrected chi connectivity index (χ4v) is 1.92. The Hall–Kier alpha value is -1.88. The molecule has 0 saturated heterocycles. The molecule has 0 aliphatic carbocycles. The van der Waals surface area contributed by atoms with Crippen molar-refractivity contribution in [2.75, 3.05) is 19.0 Å². The van der Waals surface area contributed by atoms with Crippen molar-refractivity contribution in [3.8, 4) is 0 Å². The largest absolute Gasteiger partial charge is 0.478 e. The third-order valence-corrected chi connectivity index (χ3v) is 2.75. The Kier molecular flexibility index (Phi) is 5.51. The van der Waals surface area contributed by atoms with E-state index in [0.717, 1.165) is 0 Å². The first kappa shape index (κ1) is 15.2. The summed E-state index contributed by atoms with van der Waals surface area (Å²) in [6, 6.07) is 5.01. The summed E-state index contributed by atoms with van der Waals surface area (Å²) in [5.74, 6) is -1.17. The molecule has 1 aromatic rings. The van der Waals surface area contributed by atoms with Gasteiger partial charge in [-0.05, 0) is 24.5 Å². The van der Waals surface area contributed by atoms with Gasteiger partial charge in [-0.3, -0.25) is 4.79 Å². The Morgan fingerprint density at radius 1 is 1.42 bits per heavy atom. The van der Waals surface area contributed by atoms with Crippen molar-refractivity contribution in [3.05, 3.63) is 29.3 Å². The van der Waals surface area contributed by atoms with Gasteiger partial charge in [0.25, 0.3) is 0 Å². The summed E-state index contributed by atoms with van der Waals surface area (Å²) >= 11 is 0. The van der Waals surface area contributed by atoms with E-state index in [4.69, 9.17) is 9.84 Å². The number of amides is 1. The predicted molar refractivity (Wildman–Crippen MR) is 72.4 cm³/mol. The normalized spacial score (nSPS) is 11.9. The Balaban J connectivity index is 2.80. The topological polar surface area (TPSA) is 75.6 Å². The number of benzene rings is 1. The van der Waals surface area contributed by atoms with Crippen LogP contribution < -0.4 is 5.32 Å². The van der Waals surface area contributed by atoms with E-state index >= 15 is 0 Å². The van der Waals surface area contributed by atoms with E-state index in [0.29, 0.717) is 24.3 Å². The van der Waals surface area contributed by atoms with Gasteiger partial charge in [0.2, 0.25) is 5.91 Å². The lowest BCUT2D eigenvalue weighted by atomic mass is 10.1. The molecule has 0 bridgehead atoms. The Morgan fingerprint density at radius 3 is 2.68 bits per heavy atom. The highest BCUT2D eigenvalue weighted by molar-refractivity contribution is 6.01. The molecule has 0 spiro atoms. The lowest BCUT2D eigenvalue weighted by Gasteiger charge is -2.13. The van der Waals surface area contributed by atoms with Crippen LogP contribution >= 0.6 is 0 Å². The third kappa shape index (κ3) is 4.37. The highest BCUT2D eigenvalue weighted by Gasteiger charge is 2.16. The van der Waals surface area contributed by atoms with Crippen LogP contribution in [-0.4, -0.2) is 30.7 Å². The minimum absolute atomic E-state index is 0.0862. The minimum atomic E-state index is -1.04. The molecule has 1 unspecified atom stereocenters. The average molecular weight is 265 g/mol. The van der Waals surface area contributed by atoms with Crippen LogP contribution in [0.15, 0.2) is 18.2 Å². The van der Waals surface area contributed by atoms with Crippen molar-refractivity contribution >= 4 is 17.6 Å². The molecular formula is C14H19NO4. The number of anilines is 1. The van der Waals surface area contributed by atoms with E-state index in [1.807, 2.05) is 6.92 Å². The molecule has 1 rings (SSSR count).